The van der Waals surface area contributed by atoms with Crippen LogP contribution < -0.4 is 10.9 Å². The van der Waals surface area contributed by atoms with Gasteiger partial charge in [0.15, 0.2) is 10.9 Å². The summed E-state index contributed by atoms with van der Waals surface area (Å²) in [6.07, 6.45) is 3.19. The SMILES string of the molecule is CCCSc1nc2c(c(=O)[nH]1)C(c1cccc(C)c1)C1=C(CCCC1=O)N2. The van der Waals surface area contributed by atoms with E-state index >= 15 is 0 Å². The minimum Gasteiger partial charge on any atom is -0.343 e. The Bertz CT molecular complexity index is 993. The number of aromatic amines is 1. The van der Waals surface area contributed by atoms with Crippen LogP contribution >= 0.6 is 11.8 Å². The van der Waals surface area contributed by atoms with Gasteiger partial charge in [-0.3, -0.25) is 9.59 Å². The Hall–Kier alpha value is -2.34. The Labute approximate surface area is 162 Å². The molecule has 2 aromatic rings. The number of allylic oxidation sites excluding steroid dienone is 2. The number of thioether (sulfide) groups is 1. The number of fused-ring (bicyclic) bond motifs is 1. The molecule has 6 heteroatoms. The standard InChI is InChI=1S/C21H23N3O2S/c1-3-10-27-21-23-19-18(20(26)24-21)16(13-7-4-6-12(2)11-13)17-14(22-19)8-5-9-15(17)25/h4,6-7,11,16H,3,5,8-10H2,1-2H3,(H2,22,23,24,26). The second kappa shape index (κ2) is 7.35. The highest BCUT2D eigenvalue weighted by molar-refractivity contribution is 7.99. The molecule has 1 aliphatic carbocycles. The number of aryl methyl sites for hydroxylation is 1. The lowest BCUT2D eigenvalue weighted by atomic mass is 9.76. The average molecular weight is 382 g/mol. The first-order valence-electron chi connectivity index (χ1n) is 9.45. The fourth-order valence-corrected chi connectivity index (χ4v) is 4.61. The number of carbonyl (C=O) groups is 1. The number of anilines is 1. The lowest BCUT2D eigenvalue weighted by Crippen LogP contribution is -2.32. The summed E-state index contributed by atoms with van der Waals surface area (Å²) in [6.45, 7) is 4.12. The molecule has 0 saturated carbocycles. The Morgan fingerprint density at radius 3 is 2.89 bits per heavy atom. The summed E-state index contributed by atoms with van der Waals surface area (Å²) in [7, 11) is 0. The van der Waals surface area contributed by atoms with E-state index in [1.807, 2.05) is 25.1 Å². The molecule has 0 bridgehead atoms. The van der Waals surface area contributed by atoms with Crippen molar-refractivity contribution in [3.8, 4) is 0 Å². The number of Topliss-reactive ketones (excluding diaryl/α,β-unsaturated/α-hetero) is 1. The van der Waals surface area contributed by atoms with Crippen LogP contribution in [0.5, 0.6) is 0 Å². The first-order chi connectivity index (χ1) is 13.1. The van der Waals surface area contributed by atoms with Gasteiger partial charge in [0.05, 0.1) is 5.56 Å². The molecule has 2 aliphatic rings. The smallest absolute Gasteiger partial charge is 0.257 e. The Morgan fingerprint density at radius 1 is 1.26 bits per heavy atom. The minimum atomic E-state index is -0.356. The Morgan fingerprint density at radius 2 is 2.11 bits per heavy atom. The summed E-state index contributed by atoms with van der Waals surface area (Å²) in [5.41, 5.74) is 4.13. The van der Waals surface area contributed by atoms with Gasteiger partial charge in [-0.1, -0.05) is 48.5 Å². The number of hydrogen-bond donors (Lipinski definition) is 2. The fourth-order valence-electron chi connectivity index (χ4n) is 3.89. The third kappa shape index (κ3) is 3.34. The van der Waals surface area contributed by atoms with E-state index in [2.05, 4.69) is 28.3 Å². The van der Waals surface area contributed by atoms with Crippen molar-refractivity contribution < 1.29 is 4.79 Å². The van der Waals surface area contributed by atoms with Gasteiger partial charge >= 0.3 is 0 Å². The van der Waals surface area contributed by atoms with Crippen molar-refractivity contribution in [2.75, 3.05) is 11.1 Å². The number of nitrogens with one attached hydrogen (secondary N) is 2. The summed E-state index contributed by atoms with van der Waals surface area (Å²) in [5, 5.41) is 3.94. The van der Waals surface area contributed by atoms with E-state index in [0.29, 0.717) is 23.0 Å². The maximum atomic E-state index is 13.0. The highest BCUT2D eigenvalue weighted by Crippen LogP contribution is 2.43. The van der Waals surface area contributed by atoms with E-state index in [9.17, 15) is 9.59 Å². The summed E-state index contributed by atoms with van der Waals surface area (Å²) in [4.78, 5) is 33.4. The van der Waals surface area contributed by atoms with Gasteiger partial charge in [-0.05, 0) is 31.7 Å². The largest absolute Gasteiger partial charge is 0.343 e. The van der Waals surface area contributed by atoms with Crippen LogP contribution in [0.15, 0.2) is 45.5 Å². The molecule has 2 N–H and O–H groups in total. The highest BCUT2D eigenvalue weighted by atomic mass is 32.2. The molecule has 2 heterocycles. The van der Waals surface area contributed by atoms with E-state index in [1.54, 1.807) is 11.8 Å². The zero-order valence-corrected chi connectivity index (χ0v) is 16.4. The van der Waals surface area contributed by atoms with Crippen molar-refractivity contribution in [2.24, 2.45) is 0 Å². The van der Waals surface area contributed by atoms with Crippen LogP contribution in [0.4, 0.5) is 5.82 Å². The van der Waals surface area contributed by atoms with Crippen molar-refractivity contribution in [1.82, 2.24) is 9.97 Å². The number of benzene rings is 1. The maximum Gasteiger partial charge on any atom is 0.257 e. The maximum absolute atomic E-state index is 13.0. The summed E-state index contributed by atoms with van der Waals surface area (Å²) in [6, 6.07) is 8.06. The van der Waals surface area contributed by atoms with Gasteiger partial charge in [0.2, 0.25) is 0 Å². The topological polar surface area (TPSA) is 74.8 Å². The molecule has 1 aliphatic heterocycles. The molecule has 1 atom stereocenters. The van der Waals surface area contributed by atoms with Gasteiger partial charge in [-0.15, -0.1) is 0 Å². The first-order valence-corrected chi connectivity index (χ1v) is 10.4. The summed E-state index contributed by atoms with van der Waals surface area (Å²) >= 11 is 1.55. The average Bonchev–Trinajstić information content (AvgIpc) is 2.65. The van der Waals surface area contributed by atoms with E-state index in [0.717, 1.165) is 47.4 Å². The molecule has 140 valence electrons. The molecule has 1 unspecified atom stereocenters. The van der Waals surface area contributed by atoms with Crippen LogP contribution in [0, 0.1) is 6.92 Å². The third-order valence-electron chi connectivity index (χ3n) is 5.05. The molecule has 27 heavy (non-hydrogen) atoms. The quantitative estimate of drug-likeness (QED) is 0.615. The molecule has 0 fully saturated rings. The molecule has 0 saturated heterocycles. The van der Waals surface area contributed by atoms with Crippen LogP contribution in [-0.2, 0) is 4.79 Å². The van der Waals surface area contributed by atoms with E-state index in [4.69, 9.17) is 0 Å². The molecular weight excluding hydrogens is 358 g/mol. The monoisotopic (exact) mass is 381 g/mol. The number of aromatic nitrogens is 2. The van der Waals surface area contributed by atoms with Crippen molar-refractivity contribution >= 4 is 23.4 Å². The lowest BCUT2D eigenvalue weighted by molar-refractivity contribution is -0.116. The van der Waals surface area contributed by atoms with Gasteiger partial charge < -0.3 is 10.3 Å². The van der Waals surface area contributed by atoms with Gasteiger partial charge in [0.1, 0.15) is 5.82 Å². The Kier molecular flexibility index (Phi) is 4.91. The van der Waals surface area contributed by atoms with Crippen molar-refractivity contribution in [3.63, 3.8) is 0 Å². The summed E-state index contributed by atoms with van der Waals surface area (Å²) in [5.74, 6) is 1.27. The zero-order valence-electron chi connectivity index (χ0n) is 15.6. The van der Waals surface area contributed by atoms with Gasteiger partial charge in [-0.25, -0.2) is 4.98 Å². The van der Waals surface area contributed by atoms with Crippen molar-refractivity contribution in [2.45, 2.75) is 50.6 Å². The number of hydrogen-bond acceptors (Lipinski definition) is 5. The van der Waals surface area contributed by atoms with E-state index < -0.39 is 0 Å². The zero-order chi connectivity index (χ0) is 19.0. The highest BCUT2D eigenvalue weighted by Gasteiger charge is 2.37. The van der Waals surface area contributed by atoms with Crippen LogP contribution in [0.1, 0.15) is 55.2 Å². The fraction of sp³-hybridized carbons (Fsp3) is 0.381. The molecule has 1 aromatic heterocycles. The van der Waals surface area contributed by atoms with E-state index in [-0.39, 0.29) is 17.3 Å². The van der Waals surface area contributed by atoms with Gasteiger partial charge in [0.25, 0.3) is 5.56 Å². The number of nitrogens with zero attached hydrogens (tertiary/aromatic N) is 1. The number of H-pyrrole nitrogens is 1. The molecule has 0 amide bonds. The van der Waals surface area contributed by atoms with Crippen LogP contribution in [0.25, 0.3) is 0 Å². The molecule has 4 rings (SSSR count). The molecular formula is C21H23N3O2S. The van der Waals surface area contributed by atoms with E-state index in [1.165, 1.54) is 0 Å². The second-order valence-electron chi connectivity index (χ2n) is 7.12. The van der Waals surface area contributed by atoms with Gasteiger partial charge in [0, 0.05) is 29.4 Å². The number of rotatable bonds is 4. The molecule has 0 spiro atoms. The molecule has 5 nitrogen and oxygen atoms in total. The van der Waals surface area contributed by atoms with Crippen LogP contribution in [0.2, 0.25) is 0 Å². The number of carbonyl (C=O) groups excluding carboxylic acids is 1. The van der Waals surface area contributed by atoms with Gasteiger partial charge in [-0.2, -0.15) is 0 Å². The normalized spacial score (nSPS) is 18.7. The predicted molar refractivity (Wildman–Crippen MR) is 108 cm³/mol. The lowest BCUT2D eigenvalue weighted by Gasteiger charge is -2.32. The van der Waals surface area contributed by atoms with Crippen LogP contribution in [-0.4, -0.2) is 21.5 Å². The molecule has 1 aromatic carbocycles. The first kappa shape index (κ1) is 18.0. The minimum absolute atomic E-state index is 0.129. The Balaban J connectivity index is 1.91. The second-order valence-corrected chi connectivity index (χ2v) is 8.21. The molecule has 0 radical (unpaired) electrons. The van der Waals surface area contributed by atoms with Crippen molar-refractivity contribution in [3.05, 3.63) is 62.6 Å². The van der Waals surface area contributed by atoms with Crippen LogP contribution in [0.3, 0.4) is 0 Å². The van der Waals surface area contributed by atoms with Crippen molar-refractivity contribution in [1.29, 1.82) is 0 Å². The third-order valence-corrected chi connectivity index (χ3v) is 6.13. The number of ketones is 1. The summed E-state index contributed by atoms with van der Waals surface area (Å²) < 4.78 is 0. The predicted octanol–water partition coefficient (Wildman–Crippen LogP) is 4.14.